The Kier molecular flexibility index (Phi) is 2.22. The summed E-state index contributed by atoms with van der Waals surface area (Å²) in [4.78, 5) is 0. The lowest BCUT2D eigenvalue weighted by molar-refractivity contribution is 0.839. The van der Waals surface area contributed by atoms with E-state index in [1.807, 2.05) is 0 Å². The summed E-state index contributed by atoms with van der Waals surface area (Å²) in [7, 11) is 0. The van der Waals surface area contributed by atoms with Crippen LogP contribution in [0, 0.1) is 0 Å². The van der Waals surface area contributed by atoms with Crippen LogP contribution >= 0.6 is 12.6 Å². The first-order valence-corrected chi connectivity index (χ1v) is 4.92. The van der Waals surface area contributed by atoms with Gasteiger partial charge in [0.25, 0.3) is 0 Å². The summed E-state index contributed by atoms with van der Waals surface area (Å²) in [6, 6.07) is 6.69. The Morgan fingerprint density at radius 2 is 2.08 bits per heavy atom. The minimum atomic E-state index is 0.817. The van der Waals surface area contributed by atoms with E-state index >= 15 is 0 Å². The molecule has 0 atom stereocenters. The third kappa shape index (κ3) is 1.42. The topological polar surface area (TPSA) is 0 Å². The molecule has 1 aliphatic carbocycles. The molecule has 1 heteroatoms. The molecule has 0 saturated heterocycles. The summed E-state index contributed by atoms with van der Waals surface area (Å²) in [6.45, 7) is 0. The lowest BCUT2D eigenvalue weighted by Gasteiger charge is -2.18. The van der Waals surface area contributed by atoms with E-state index < -0.39 is 0 Å². The molecule has 0 bridgehead atoms. The third-order valence-electron chi connectivity index (χ3n) is 2.31. The van der Waals surface area contributed by atoms with Gasteiger partial charge in [-0.1, -0.05) is 30.4 Å². The largest absolute Gasteiger partial charge is 0.175 e. The highest BCUT2D eigenvalue weighted by Gasteiger charge is 2.11. The second-order valence-electron chi connectivity index (χ2n) is 3.11. The van der Waals surface area contributed by atoms with Gasteiger partial charge in [0.1, 0.15) is 0 Å². The van der Waals surface area contributed by atoms with Crippen molar-refractivity contribution < 1.29 is 0 Å². The maximum Gasteiger partial charge on any atom is 0.00858 e. The molecule has 0 fully saturated rings. The molecule has 0 aliphatic heterocycles. The lowest BCUT2D eigenvalue weighted by Crippen LogP contribution is -2.07. The molecule has 0 radical (unpaired) electrons. The molecule has 0 spiro atoms. The van der Waals surface area contributed by atoms with Crippen molar-refractivity contribution in [2.45, 2.75) is 12.8 Å². The minimum absolute atomic E-state index is 0.817. The zero-order valence-corrected chi connectivity index (χ0v) is 7.85. The molecule has 0 amide bonds. The molecule has 0 saturated carbocycles. The predicted octanol–water partition coefficient (Wildman–Crippen LogP) is 2.73. The van der Waals surface area contributed by atoms with Crippen molar-refractivity contribution in [2.75, 3.05) is 5.75 Å². The van der Waals surface area contributed by atoms with Crippen molar-refractivity contribution in [2.24, 2.45) is 0 Å². The van der Waals surface area contributed by atoms with E-state index in [2.05, 4.69) is 43.0 Å². The Hall–Kier alpha value is -0.690. The Morgan fingerprint density at radius 3 is 2.67 bits per heavy atom. The lowest BCUT2D eigenvalue weighted by atomic mass is 9.87. The molecule has 1 aliphatic rings. The van der Waals surface area contributed by atoms with Crippen molar-refractivity contribution in [3.63, 3.8) is 0 Å². The van der Waals surface area contributed by atoms with Gasteiger partial charge in [-0.25, -0.2) is 0 Å². The molecule has 1 aromatic carbocycles. The standard InChI is InChI=1S/C11H12S/c12-7-1-2-9-3-4-10-5-6-11(10)8-9/h1-4,8,12H,5-7H2. The Bertz CT molecular complexity index is 313. The smallest absolute Gasteiger partial charge is 0.00858 e. The van der Waals surface area contributed by atoms with Crippen LogP contribution in [-0.4, -0.2) is 5.75 Å². The number of hydrogen-bond acceptors (Lipinski definition) is 1. The van der Waals surface area contributed by atoms with Gasteiger partial charge in [0, 0.05) is 5.75 Å². The molecular formula is C11H12S. The van der Waals surface area contributed by atoms with Crippen molar-refractivity contribution in [3.05, 3.63) is 41.0 Å². The maximum atomic E-state index is 4.12. The first-order chi connectivity index (χ1) is 5.90. The summed E-state index contributed by atoms with van der Waals surface area (Å²) in [6.07, 6.45) is 6.74. The number of hydrogen-bond donors (Lipinski definition) is 1. The van der Waals surface area contributed by atoms with E-state index in [0.29, 0.717) is 0 Å². The van der Waals surface area contributed by atoms with Crippen molar-refractivity contribution in [3.8, 4) is 0 Å². The SMILES string of the molecule is SCC=Cc1ccc2c(c1)CC2. The van der Waals surface area contributed by atoms with E-state index in [4.69, 9.17) is 0 Å². The predicted molar refractivity (Wildman–Crippen MR) is 56.7 cm³/mol. The summed E-state index contributed by atoms with van der Waals surface area (Å²) >= 11 is 4.12. The number of thiol groups is 1. The molecule has 1 aromatic rings. The van der Waals surface area contributed by atoms with Crippen LogP contribution in [0.3, 0.4) is 0 Å². The summed E-state index contributed by atoms with van der Waals surface area (Å²) < 4.78 is 0. The fourth-order valence-corrected chi connectivity index (χ4v) is 1.61. The summed E-state index contributed by atoms with van der Waals surface area (Å²) in [5.41, 5.74) is 4.36. The summed E-state index contributed by atoms with van der Waals surface area (Å²) in [5.74, 6) is 0.817. The van der Waals surface area contributed by atoms with E-state index in [1.165, 1.54) is 29.5 Å². The second-order valence-corrected chi connectivity index (χ2v) is 3.48. The number of rotatable bonds is 2. The van der Waals surface area contributed by atoms with Gasteiger partial charge in [0.05, 0.1) is 0 Å². The monoisotopic (exact) mass is 176 g/mol. The highest BCUT2D eigenvalue weighted by Crippen LogP contribution is 2.23. The quantitative estimate of drug-likeness (QED) is 0.658. The normalized spacial score (nSPS) is 14.4. The molecule has 62 valence electrons. The van der Waals surface area contributed by atoms with Crippen molar-refractivity contribution in [1.29, 1.82) is 0 Å². The average Bonchev–Trinajstić information content (AvgIpc) is 2.05. The van der Waals surface area contributed by atoms with Crippen molar-refractivity contribution in [1.82, 2.24) is 0 Å². The number of benzene rings is 1. The van der Waals surface area contributed by atoms with E-state index in [0.717, 1.165) is 5.75 Å². The maximum absolute atomic E-state index is 4.12. The second kappa shape index (κ2) is 3.36. The van der Waals surface area contributed by atoms with Crippen LogP contribution in [0.4, 0.5) is 0 Å². The zero-order chi connectivity index (χ0) is 8.39. The Labute approximate surface area is 78.7 Å². The van der Waals surface area contributed by atoms with Gasteiger partial charge >= 0.3 is 0 Å². The fourth-order valence-electron chi connectivity index (χ4n) is 1.51. The van der Waals surface area contributed by atoms with Crippen LogP contribution < -0.4 is 0 Å². The van der Waals surface area contributed by atoms with Crippen molar-refractivity contribution >= 4 is 18.7 Å². The highest BCUT2D eigenvalue weighted by molar-refractivity contribution is 7.80. The van der Waals surface area contributed by atoms with Crippen LogP contribution in [0.25, 0.3) is 6.08 Å². The van der Waals surface area contributed by atoms with Gasteiger partial charge in [-0.2, -0.15) is 12.6 Å². The van der Waals surface area contributed by atoms with Gasteiger partial charge in [0.15, 0.2) is 0 Å². The van der Waals surface area contributed by atoms with Gasteiger partial charge in [-0.05, 0) is 29.5 Å². The minimum Gasteiger partial charge on any atom is -0.175 e. The van der Waals surface area contributed by atoms with Crippen LogP contribution in [-0.2, 0) is 12.8 Å². The van der Waals surface area contributed by atoms with Crippen LogP contribution in [0.1, 0.15) is 16.7 Å². The molecule has 0 heterocycles. The summed E-state index contributed by atoms with van der Waals surface area (Å²) in [5, 5.41) is 0. The van der Waals surface area contributed by atoms with E-state index in [9.17, 15) is 0 Å². The molecule has 0 nitrogen and oxygen atoms in total. The highest BCUT2D eigenvalue weighted by atomic mass is 32.1. The van der Waals surface area contributed by atoms with Gasteiger partial charge in [-0.3, -0.25) is 0 Å². The molecule has 2 rings (SSSR count). The average molecular weight is 176 g/mol. The number of fused-ring (bicyclic) bond motifs is 1. The van der Waals surface area contributed by atoms with Gasteiger partial charge in [-0.15, -0.1) is 0 Å². The molecule has 12 heavy (non-hydrogen) atoms. The Morgan fingerprint density at radius 1 is 1.25 bits per heavy atom. The first-order valence-electron chi connectivity index (χ1n) is 4.29. The van der Waals surface area contributed by atoms with E-state index in [-0.39, 0.29) is 0 Å². The van der Waals surface area contributed by atoms with Crippen LogP contribution in [0.15, 0.2) is 24.3 Å². The van der Waals surface area contributed by atoms with Crippen LogP contribution in [0.5, 0.6) is 0 Å². The first kappa shape index (κ1) is 7.93. The van der Waals surface area contributed by atoms with Gasteiger partial charge in [0.2, 0.25) is 0 Å². The zero-order valence-electron chi connectivity index (χ0n) is 6.96. The third-order valence-corrected chi connectivity index (χ3v) is 2.52. The van der Waals surface area contributed by atoms with Crippen LogP contribution in [0.2, 0.25) is 0 Å². The van der Waals surface area contributed by atoms with E-state index in [1.54, 1.807) is 0 Å². The Balaban J connectivity index is 2.23. The molecule has 0 aromatic heterocycles. The number of aryl methyl sites for hydroxylation is 2. The molecular weight excluding hydrogens is 164 g/mol. The van der Waals surface area contributed by atoms with Gasteiger partial charge < -0.3 is 0 Å². The fraction of sp³-hybridized carbons (Fsp3) is 0.273. The molecule has 0 N–H and O–H groups in total. The molecule has 0 unspecified atom stereocenters.